The molecule has 0 amide bonds. The highest BCUT2D eigenvalue weighted by Crippen LogP contribution is 2.35. The largest absolute Gasteiger partial charge is 0.490 e. The predicted octanol–water partition coefficient (Wildman–Crippen LogP) is 3.12. The van der Waals surface area contributed by atoms with Crippen LogP contribution in [-0.2, 0) is 11.2 Å². The van der Waals surface area contributed by atoms with Crippen LogP contribution in [0.2, 0.25) is 0 Å². The van der Waals surface area contributed by atoms with Crippen LogP contribution in [0.25, 0.3) is 0 Å². The van der Waals surface area contributed by atoms with E-state index in [1.165, 1.54) is 11.1 Å². The molecule has 2 atom stereocenters. The first-order chi connectivity index (χ1) is 10.1. The van der Waals surface area contributed by atoms with E-state index in [2.05, 4.69) is 43.9 Å². The van der Waals surface area contributed by atoms with Crippen molar-refractivity contribution in [3.63, 3.8) is 0 Å². The molecule has 0 aromatic heterocycles. The minimum atomic E-state index is 0.0372. The smallest absolute Gasteiger partial charge is 0.123 e. The third-order valence-electron chi connectivity index (χ3n) is 4.16. The first-order valence-electron chi connectivity index (χ1n) is 7.66. The number of nitrogens with one attached hydrogen (secondary N) is 1. The molecule has 3 nitrogen and oxygen atoms in total. The van der Waals surface area contributed by atoms with Crippen molar-refractivity contribution in [2.24, 2.45) is 5.41 Å². The first kappa shape index (κ1) is 16.1. The molecule has 116 valence electrons. The number of ether oxygens (including phenoxy) is 2. The lowest BCUT2D eigenvalue weighted by atomic mass is 9.83. The number of aryl methyl sites for hydroxylation is 1. The minimum absolute atomic E-state index is 0.0372. The lowest BCUT2D eigenvalue weighted by molar-refractivity contribution is 0.163. The highest BCUT2D eigenvalue weighted by molar-refractivity contribution is 5.40. The maximum absolute atomic E-state index is 6.09. The fourth-order valence-corrected chi connectivity index (χ4v) is 2.86. The van der Waals surface area contributed by atoms with Gasteiger partial charge in [0.2, 0.25) is 0 Å². The normalized spacial score (nSPS) is 19.7. The van der Waals surface area contributed by atoms with Crippen LogP contribution >= 0.6 is 0 Å². The molecule has 1 N–H and O–H groups in total. The highest BCUT2D eigenvalue weighted by Gasteiger charge is 2.30. The Hall–Kier alpha value is -1.32. The second kappa shape index (κ2) is 7.10. The summed E-state index contributed by atoms with van der Waals surface area (Å²) in [5.74, 6) is 1.05. The number of hydrogen-bond donors (Lipinski definition) is 1. The van der Waals surface area contributed by atoms with Gasteiger partial charge in [0.1, 0.15) is 11.9 Å². The zero-order chi connectivity index (χ0) is 15.3. The van der Waals surface area contributed by atoms with Gasteiger partial charge in [0.25, 0.3) is 0 Å². The van der Waals surface area contributed by atoms with Gasteiger partial charge in [0.05, 0.1) is 6.61 Å². The summed E-state index contributed by atoms with van der Waals surface area (Å²) < 4.78 is 11.2. The molecule has 0 radical (unpaired) electrons. The number of fused-ring (bicyclic) bond motifs is 1. The van der Waals surface area contributed by atoms with Crippen molar-refractivity contribution in [1.29, 1.82) is 0 Å². The summed E-state index contributed by atoms with van der Waals surface area (Å²) in [7, 11) is 1.72. The van der Waals surface area contributed by atoms with E-state index in [0.29, 0.717) is 0 Å². The van der Waals surface area contributed by atoms with Crippen molar-refractivity contribution < 1.29 is 9.47 Å². The molecule has 21 heavy (non-hydrogen) atoms. The third kappa shape index (κ3) is 4.32. The number of rotatable bonds is 8. The van der Waals surface area contributed by atoms with Crippen molar-refractivity contribution in [3.8, 4) is 5.75 Å². The van der Waals surface area contributed by atoms with Crippen molar-refractivity contribution in [2.45, 2.75) is 32.8 Å². The van der Waals surface area contributed by atoms with Gasteiger partial charge in [-0.1, -0.05) is 30.7 Å². The first-order valence-corrected chi connectivity index (χ1v) is 7.66. The number of benzene rings is 1. The van der Waals surface area contributed by atoms with Gasteiger partial charge in [0, 0.05) is 32.0 Å². The van der Waals surface area contributed by atoms with E-state index in [-0.39, 0.29) is 11.5 Å². The highest BCUT2D eigenvalue weighted by atomic mass is 16.5. The summed E-state index contributed by atoms with van der Waals surface area (Å²) in [5, 5.41) is 3.43. The molecule has 2 rings (SSSR count). The summed E-state index contributed by atoms with van der Waals surface area (Å²) in [4.78, 5) is 0. The molecule has 0 aliphatic carbocycles. The predicted molar refractivity (Wildman–Crippen MR) is 87.0 cm³/mol. The van der Waals surface area contributed by atoms with Gasteiger partial charge in [-0.25, -0.2) is 0 Å². The maximum Gasteiger partial charge on any atom is 0.123 e. The average molecular weight is 289 g/mol. The van der Waals surface area contributed by atoms with Gasteiger partial charge in [-0.05, 0) is 25.0 Å². The van der Waals surface area contributed by atoms with E-state index in [9.17, 15) is 0 Å². The molecule has 0 fully saturated rings. The summed E-state index contributed by atoms with van der Waals surface area (Å²) in [6, 6.07) is 6.43. The SMILES string of the molecule is C=CC(C)(CNCCOC)CC1Cc2cc(C)ccc2O1. The van der Waals surface area contributed by atoms with E-state index in [1.54, 1.807) is 7.11 Å². The Morgan fingerprint density at radius 2 is 2.33 bits per heavy atom. The van der Waals surface area contributed by atoms with Gasteiger partial charge in [-0.2, -0.15) is 0 Å². The van der Waals surface area contributed by atoms with Gasteiger partial charge in [-0.3, -0.25) is 0 Å². The Kier molecular flexibility index (Phi) is 5.43. The van der Waals surface area contributed by atoms with Crippen molar-refractivity contribution in [2.75, 3.05) is 26.8 Å². The van der Waals surface area contributed by atoms with E-state index in [1.807, 2.05) is 6.08 Å². The lowest BCUT2D eigenvalue weighted by Gasteiger charge is -2.29. The Bertz CT molecular complexity index is 486. The van der Waals surface area contributed by atoms with Crippen LogP contribution < -0.4 is 10.1 Å². The van der Waals surface area contributed by atoms with Crippen LogP contribution in [-0.4, -0.2) is 32.9 Å². The molecule has 1 aromatic carbocycles. The molecular formula is C18H27NO2. The molecule has 0 saturated heterocycles. The zero-order valence-electron chi connectivity index (χ0n) is 13.4. The molecule has 0 saturated carbocycles. The maximum atomic E-state index is 6.09. The molecule has 1 aliphatic rings. The van der Waals surface area contributed by atoms with Crippen LogP contribution in [0.4, 0.5) is 0 Å². The summed E-state index contributed by atoms with van der Waals surface area (Å²) in [5.41, 5.74) is 2.67. The second-order valence-corrected chi connectivity index (χ2v) is 6.29. The molecule has 0 bridgehead atoms. The van der Waals surface area contributed by atoms with Gasteiger partial charge in [0.15, 0.2) is 0 Å². The second-order valence-electron chi connectivity index (χ2n) is 6.29. The summed E-state index contributed by atoms with van der Waals surface area (Å²) in [6.45, 7) is 10.9. The Morgan fingerprint density at radius 3 is 3.05 bits per heavy atom. The molecule has 2 unspecified atom stereocenters. The summed E-state index contributed by atoms with van der Waals surface area (Å²) >= 11 is 0. The van der Waals surface area contributed by atoms with Gasteiger partial charge in [-0.15, -0.1) is 6.58 Å². The van der Waals surface area contributed by atoms with E-state index in [4.69, 9.17) is 9.47 Å². The number of methoxy groups -OCH3 is 1. The monoisotopic (exact) mass is 289 g/mol. The van der Waals surface area contributed by atoms with Crippen molar-refractivity contribution in [1.82, 2.24) is 5.32 Å². The minimum Gasteiger partial charge on any atom is -0.490 e. The zero-order valence-corrected chi connectivity index (χ0v) is 13.4. The number of hydrogen-bond acceptors (Lipinski definition) is 3. The van der Waals surface area contributed by atoms with Crippen LogP contribution in [0.5, 0.6) is 5.75 Å². The van der Waals surface area contributed by atoms with Crippen LogP contribution in [0.1, 0.15) is 24.5 Å². The van der Waals surface area contributed by atoms with Crippen molar-refractivity contribution in [3.05, 3.63) is 42.0 Å². The summed E-state index contributed by atoms with van der Waals surface area (Å²) in [6.07, 6.45) is 4.27. The Balaban J connectivity index is 1.90. The lowest BCUT2D eigenvalue weighted by Crippen LogP contribution is -2.36. The van der Waals surface area contributed by atoms with Crippen LogP contribution in [0, 0.1) is 12.3 Å². The van der Waals surface area contributed by atoms with Crippen molar-refractivity contribution >= 4 is 0 Å². The van der Waals surface area contributed by atoms with E-state index < -0.39 is 0 Å². The molecule has 1 heterocycles. The fraction of sp³-hybridized carbons (Fsp3) is 0.556. The Morgan fingerprint density at radius 1 is 1.52 bits per heavy atom. The Labute approximate surface area is 128 Å². The molecular weight excluding hydrogens is 262 g/mol. The average Bonchev–Trinajstić information content (AvgIpc) is 2.84. The quantitative estimate of drug-likeness (QED) is 0.589. The third-order valence-corrected chi connectivity index (χ3v) is 4.16. The molecule has 1 aliphatic heterocycles. The van der Waals surface area contributed by atoms with Crippen LogP contribution in [0.15, 0.2) is 30.9 Å². The molecule has 3 heteroatoms. The van der Waals surface area contributed by atoms with Gasteiger partial charge < -0.3 is 14.8 Å². The topological polar surface area (TPSA) is 30.5 Å². The fourth-order valence-electron chi connectivity index (χ4n) is 2.86. The van der Waals surface area contributed by atoms with E-state index in [0.717, 1.165) is 38.3 Å². The van der Waals surface area contributed by atoms with Crippen LogP contribution in [0.3, 0.4) is 0 Å². The molecule has 1 aromatic rings. The molecule has 0 spiro atoms. The van der Waals surface area contributed by atoms with Gasteiger partial charge >= 0.3 is 0 Å². The van der Waals surface area contributed by atoms with E-state index >= 15 is 0 Å². The standard InChI is InChI=1S/C18H27NO2/c1-5-18(3,13-19-8-9-20-4)12-16-11-15-10-14(2)6-7-17(15)21-16/h5-7,10,16,19H,1,8-9,11-13H2,2-4H3.